The third-order valence-corrected chi connectivity index (χ3v) is 3.36. The maximum Gasteiger partial charge on any atom is 0.130 e. The molecule has 3 nitrogen and oxygen atoms in total. The summed E-state index contributed by atoms with van der Waals surface area (Å²) < 4.78 is 9.01. The normalized spacial score (nSPS) is 14.9. The van der Waals surface area contributed by atoms with Gasteiger partial charge in [-0.15, -0.1) is 0 Å². The number of halogens is 1. The summed E-state index contributed by atoms with van der Waals surface area (Å²) in [6.07, 6.45) is 6.31. The first-order chi connectivity index (χ1) is 8.33. The molecule has 2 aromatic rings. The van der Waals surface area contributed by atoms with Gasteiger partial charge in [0.1, 0.15) is 12.4 Å². The van der Waals surface area contributed by atoms with Crippen LogP contribution in [0.4, 0.5) is 0 Å². The Morgan fingerprint density at radius 3 is 3.06 bits per heavy atom. The summed E-state index contributed by atoms with van der Waals surface area (Å²) in [6, 6.07) is 8.54. The van der Waals surface area contributed by atoms with Gasteiger partial charge in [0.2, 0.25) is 0 Å². The zero-order chi connectivity index (χ0) is 11.7. The summed E-state index contributed by atoms with van der Waals surface area (Å²) in [5, 5.41) is 0. The van der Waals surface area contributed by atoms with Crippen LogP contribution < -0.4 is 4.74 Å². The largest absolute Gasteiger partial charge is 0.487 e. The quantitative estimate of drug-likeness (QED) is 0.862. The average molecular weight is 293 g/mol. The van der Waals surface area contributed by atoms with Crippen molar-refractivity contribution in [3.63, 3.8) is 0 Å². The summed E-state index contributed by atoms with van der Waals surface area (Å²) in [6.45, 7) is 0.576. The van der Waals surface area contributed by atoms with Gasteiger partial charge in [0.05, 0.1) is 18.2 Å². The Balaban J connectivity index is 1.69. The fraction of sp³-hybridized carbons (Fsp3) is 0.308. The number of hydrogen-bond acceptors (Lipinski definition) is 2. The van der Waals surface area contributed by atoms with E-state index in [0.29, 0.717) is 12.6 Å². The molecule has 1 aromatic heterocycles. The Labute approximate surface area is 109 Å². The molecular weight excluding hydrogens is 280 g/mol. The van der Waals surface area contributed by atoms with Gasteiger partial charge in [0.25, 0.3) is 0 Å². The summed E-state index contributed by atoms with van der Waals surface area (Å²) in [4.78, 5) is 4.19. The highest BCUT2D eigenvalue weighted by atomic mass is 79.9. The molecule has 1 fully saturated rings. The average Bonchev–Trinajstić information content (AvgIpc) is 3.06. The Hall–Kier alpha value is -1.29. The van der Waals surface area contributed by atoms with Gasteiger partial charge in [0, 0.05) is 10.5 Å². The van der Waals surface area contributed by atoms with Crippen LogP contribution in [-0.4, -0.2) is 9.55 Å². The lowest BCUT2D eigenvalue weighted by Gasteiger charge is -2.08. The molecule has 4 heteroatoms. The molecule has 0 saturated heterocycles. The van der Waals surface area contributed by atoms with Crippen LogP contribution in [0.1, 0.15) is 24.6 Å². The monoisotopic (exact) mass is 292 g/mol. The van der Waals surface area contributed by atoms with Crippen LogP contribution >= 0.6 is 15.9 Å². The fourth-order valence-corrected chi connectivity index (χ4v) is 2.22. The third kappa shape index (κ3) is 2.52. The van der Waals surface area contributed by atoms with Crippen molar-refractivity contribution in [2.75, 3.05) is 0 Å². The third-order valence-electron chi connectivity index (χ3n) is 2.87. The van der Waals surface area contributed by atoms with Crippen molar-refractivity contribution in [3.05, 3.63) is 47.0 Å². The number of imidazole rings is 1. The Kier molecular flexibility index (Phi) is 2.89. The van der Waals surface area contributed by atoms with E-state index in [0.717, 1.165) is 15.9 Å². The van der Waals surface area contributed by atoms with E-state index in [1.165, 1.54) is 12.8 Å². The SMILES string of the molecule is Brc1cccc(OCc2cncn2C2CC2)c1. The van der Waals surface area contributed by atoms with Gasteiger partial charge in [-0.25, -0.2) is 4.98 Å². The van der Waals surface area contributed by atoms with Crippen LogP contribution in [0, 0.1) is 0 Å². The van der Waals surface area contributed by atoms with Crippen LogP contribution in [0.25, 0.3) is 0 Å². The van der Waals surface area contributed by atoms with Gasteiger partial charge in [-0.2, -0.15) is 0 Å². The predicted octanol–water partition coefficient (Wildman–Crippen LogP) is 3.56. The maximum absolute atomic E-state index is 5.76. The van der Waals surface area contributed by atoms with Crippen molar-refractivity contribution in [2.24, 2.45) is 0 Å². The second-order valence-corrected chi connectivity index (χ2v) is 5.19. The Morgan fingerprint density at radius 2 is 2.29 bits per heavy atom. The van der Waals surface area contributed by atoms with E-state index in [1.54, 1.807) is 0 Å². The van der Waals surface area contributed by atoms with E-state index in [1.807, 2.05) is 36.8 Å². The minimum atomic E-state index is 0.576. The molecule has 3 rings (SSSR count). The molecule has 0 radical (unpaired) electrons. The number of ether oxygens (including phenoxy) is 1. The van der Waals surface area contributed by atoms with Crippen molar-refractivity contribution in [3.8, 4) is 5.75 Å². The lowest BCUT2D eigenvalue weighted by Crippen LogP contribution is -2.03. The summed E-state index contributed by atoms with van der Waals surface area (Å²) in [5.41, 5.74) is 1.15. The first-order valence-corrected chi connectivity index (χ1v) is 6.51. The van der Waals surface area contributed by atoms with Crippen LogP contribution in [-0.2, 0) is 6.61 Å². The highest BCUT2D eigenvalue weighted by Gasteiger charge is 2.25. The predicted molar refractivity (Wildman–Crippen MR) is 69.0 cm³/mol. The molecule has 1 heterocycles. The molecular formula is C13H13BrN2O. The van der Waals surface area contributed by atoms with Crippen molar-refractivity contribution in [2.45, 2.75) is 25.5 Å². The van der Waals surface area contributed by atoms with E-state index >= 15 is 0 Å². The number of benzene rings is 1. The van der Waals surface area contributed by atoms with Gasteiger partial charge >= 0.3 is 0 Å². The van der Waals surface area contributed by atoms with Gasteiger partial charge in [-0.05, 0) is 31.0 Å². The number of rotatable bonds is 4. The van der Waals surface area contributed by atoms with E-state index in [-0.39, 0.29) is 0 Å². The summed E-state index contributed by atoms with van der Waals surface area (Å²) >= 11 is 3.43. The molecule has 0 N–H and O–H groups in total. The van der Waals surface area contributed by atoms with Crippen molar-refractivity contribution >= 4 is 15.9 Å². The van der Waals surface area contributed by atoms with E-state index < -0.39 is 0 Å². The van der Waals surface area contributed by atoms with Crippen LogP contribution in [0.3, 0.4) is 0 Å². The van der Waals surface area contributed by atoms with E-state index in [2.05, 4.69) is 25.5 Å². The molecule has 0 unspecified atom stereocenters. The molecule has 1 aromatic carbocycles. The number of aromatic nitrogens is 2. The minimum absolute atomic E-state index is 0.576. The van der Waals surface area contributed by atoms with Crippen molar-refractivity contribution in [1.82, 2.24) is 9.55 Å². The van der Waals surface area contributed by atoms with E-state index in [4.69, 9.17) is 4.74 Å². The smallest absolute Gasteiger partial charge is 0.130 e. The van der Waals surface area contributed by atoms with Crippen molar-refractivity contribution < 1.29 is 4.74 Å². The first-order valence-electron chi connectivity index (χ1n) is 5.72. The van der Waals surface area contributed by atoms with Crippen LogP contribution in [0.2, 0.25) is 0 Å². The molecule has 0 spiro atoms. The molecule has 0 amide bonds. The summed E-state index contributed by atoms with van der Waals surface area (Å²) in [7, 11) is 0. The molecule has 0 atom stereocenters. The molecule has 1 aliphatic carbocycles. The number of nitrogens with zero attached hydrogens (tertiary/aromatic N) is 2. The first kappa shape index (κ1) is 10.8. The van der Waals surface area contributed by atoms with Crippen LogP contribution in [0.5, 0.6) is 5.75 Å². The Morgan fingerprint density at radius 1 is 1.41 bits per heavy atom. The molecule has 1 aliphatic rings. The fourth-order valence-electron chi connectivity index (χ4n) is 1.84. The van der Waals surface area contributed by atoms with Gasteiger partial charge in [-0.3, -0.25) is 0 Å². The number of hydrogen-bond donors (Lipinski definition) is 0. The van der Waals surface area contributed by atoms with Gasteiger partial charge in [-0.1, -0.05) is 22.0 Å². The molecule has 0 aliphatic heterocycles. The van der Waals surface area contributed by atoms with Gasteiger partial charge < -0.3 is 9.30 Å². The molecule has 1 saturated carbocycles. The molecule has 0 bridgehead atoms. The maximum atomic E-state index is 5.76. The molecule has 88 valence electrons. The zero-order valence-corrected chi connectivity index (χ0v) is 10.9. The lowest BCUT2D eigenvalue weighted by molar-refractivity contribution is 0.294. The topological polar surface area (TPSA) is 27.1 Å². The van der Waals surface area contributed by atoms with E-state index in [9.17, 15) is 0 Å². The standard InChI is InChI=1S/C13H13BrN2O/c14-10-2-1-3-13(6-10)17-8-12-7-15-9-16(12)11-4-5-11/h1-3,6-7,9,11H,4-5,8H2. The highest BCUT2D eigenvalue weighted by Crippen LogP contribution is 2.35. The van der Waals surface area contributed by atoms with Crippen LogP contribution in [0.15, 0.2) is 41.3 Å². The second kappa shape index (κ2) is 4.53. The second-order valence-electron chi connectivity index (χ2n) is 4.27. The minimum Gasteiger partial charge on any atom is -0.487 e. The lowest BCUT2D eigenvalue weighted by atomic mass is 10.3. The summed E-state index contributed by atoms with van der Waals surface area (Å²) in [5.74, 6) is 0.878. The molecule has 17 heavy (non-hydrogen) atoms. The Bertz CT molecular complexity index is 520. The highest BCUT2D eigenvalue weighted by molar-refractivity contribution is 9.10. The van der Waals surface area contributed by atoms with Gasteiger partial charge in [0.15, 0.2) is 0 Å². The van der Waals surface area contributed by atoms with Crippen molar-refractivity contribution in [1.29, 1.82) is 0 Å². The zero-order valence-electron chi connectivity index (χ0n) is 9.34.